The van der Waals surface area contributed by atoms with E-state index in [1.807, 2.05) is 4.74 Å². The Morgan fingerprint density at radius 2 is 1.15 bits per heavy atom. The molecule has 0 aromatic carbocycles. The van der Waals surface area contributed by atoms with E-state index in [1.54, 1.807) is 0 Å². The van der Waals surface area contributed by atoms with E-state index in [1.165, 1.54) is 0 Å². The lowest BCUT2D eigenvalue weighted by molar-refractivity contribution is -0.492. The van der Waals surface area contributed by atoms with Gasteiger partial charge in [-0.3, -0.25) is 4.74 Å². The van der Waals surface area contributed by atoms with Gasteiger partial charge in [0.15, 0.2) is 6.61 Å². The smallest absolute Gasteiger partial charge is 0.454 e. The molecule has 160 valence electrons. The Kier molecular flexibility index (Phi) is 6.51. The SMILES string of the molecule is C=C(F)C(=O)OCC(F)(OC(F)(F)C(F)(F)C(F)(F)C(F)(F)F)C(F)(F)F. The Labute approximate surface area is 138 Å². The fourth-order valence-corrected chi connectivity index (χ4v) is 1.03. The van der Waals surface area contributed by atoms with Crippen molar-refractivity contribution in [3.05, 3.63) is 12.4 Å². The molecule has 17 heteroatoms. The predicted molar refractivity (Wildman–Crippen MR) is 53.1 cm³/mol. The van der Waals surface area contributed by atoms with Gasteiger partial charge in [-0.15, -0.1) is 0 Å². The van der Waals surface area contributed by atoms with Crippen LogP contribution in [0.3, 0.4) is 0 Å². The van der Waals surface area contributed by atoms with Gasteiger partial charge in [0, 0.05) is 0 Å². The van der Waals surface area contributed by atoms with Crippen LogP contribution >= 0.6 is 0 Å². The Hall–Kier alpha value is -1.81. The molecule has 1 atom stereocenters. The molecule has 0 rings (SSSR count). The van der Waals surface area contributed by atoms with E-state index in [0.717, 1.165) is 0 Å². The average Bonchev–Trinajstić information content (AvgIpc) is 2.41. The van der Waals surface area contributed by atoms with Crippen LogP contribution in [-0.2, 0) is 14.3 Å². The van der Waals surface area contributed by atoms with Crippen LogP contribution in [-0.4, -0.2) is 48.7 Å². The first-order valence-electron chi connectivity index (χ1n) is 5.71. The normalized spacial score (nSPS) is 16.7. The molecule has 0 saturated heterocycles. The van der Waals surface area contributed by atoms with Crippen molar-refractivity contribution in [3.8, 4) is 0 Å². The van der Waals surface area contributed by atoms with Gasteiger partial charge in [-0.1, -0.05) is 6.58 Å². The molecular weight excluding hydrogens is 434 g/mol. The van der Waals surface area contributed by atoms with Crippen molar-refractivity contribution in [2.24, 2.45) is 0 Å². The summed E-state index contributed by atoms with van der Waals surface area (Å²) in [5.74, 6) is -26.5. The molecule has 0 radical (unpaired) electrons. The maximum atomic E-state index is 13.5. The lowest BCUT2D eigenvalue weighted by Gasteiger charge is -2.37. The summed E-state index contributed by atoms with van der Waals surface area (Å²) in [7, 11) is 0. The standard InChI is InChI=1S/C10H4F14O3/c1-3(11)4(25)26-2-5(12,8(17,18)19)27-10(23,24)7(15,16)6(13,14)9(20,21)22/h1-2H2. The summed E-state index contributed by atoms with van der Waals surface area (Å²) in [6.07, 6.45) is -21.7. The highest BCUT2D eigenvalue weighted by Gasteiger charge is 2.84. The quantitative estimate of drug-likeness (QED) is 0.329. The van der Waals surface area contributed by atoms with Crippen molar-refractivity contribution in [3.63, 3.8) is 0 Å². The highest BCUT2D eigenvalue weighted by atomic mass is 19.4. The Bertz CT molecular complexity index is 577. The Morgan fingerprint density at radius 1 is 0.741 bits per heavy atom. The summed E-state index contributed by atoms with van der Waals surface area (Å²) in [4.78, 5) is 10.5. The second-order valence-corrected chi connectivity index (χ2v) is 4.47. The molecule has 3 nitrogen and oxygen atoms in total. The number of alkyl halides is 13. The molecule has 0 aliphatic rings. The van der Waals surface area contributed by atoms with E-state index in [4.69, 9.17) is 0 Å². The van der Waals surface area contributed by atoms with E-state index in [0.29, 0.717) is 0 Å². The minimum Gasteiger partial charge on any atom is -0.454 e. The van der Waals surface area contributed by atoms with E-state index < -0.39 is 54.6 Å². The van der Waals surface area contributed by atoms with Crippen LogP contribution in [0, 0.1) is 0 Å². The largest absolute Gasteiger partial charge is 0.460 e. The van der Waals surface area contributed by atoms with Gasteiger partial charge in [0.1, 0.15) is 0 Å². The minimum atomic E-state index is -7.76. The molecule has 0 aromatic rings. The molecule has 1 unspecified atom stereocenters. The molecule has 0 bridgehead atoms. The second kappa shape index (κ2) is 6.97. The van der Waals surface area contributed by atoms with Gasteiger partial charge in [0.2, 0.25) is 5.83 Å². The lowest BCUT2D eigenvalue weighted by Crippen LogP contribution is -2.65. The number of hydrogen-bond donors (Lipinski definition) is 0. The van der Waals surface area contributed by atoms with Crippen LogP contribution in [0.4, 0.5) is 61.5 Å². The number of hydrogen-bond acceptors (Lipinski definition) is 3. The molecule has 0 fully saturated rings. The van der Waals surface area contributed by atoms with Gasteiger partial charge >= 0.3 is 42.1 Å². The number of halogens is 14. The third-order valence-corrected chi connectivity index (χ3v) is 2.44. The zero-order chi connectivity index (χ0) is 22.3. The molecule has 0 saturated carbocycles. The molecule has 0 aliphatic carbocycles. The van der Waals surface area contributed by atoms with Crippen molar-refractivity contribution in [2.75, 3.05) is 6.61 Å². The van der Waals surface area contributed by atoms with Crippen molar-refractivity contribution < 1.29 is 75.7 Å². The van der Waals surface area contributed by atoms with Crippen LogP contribution in [0.5, 0.6) is 0 Å². The number of carbonyl (C=O) groups excluding carboxylic acids is 1. The van der Waals surface area contributed by atoms with Crippen molar-refractivity contribution >= 4 is 5.97 Å². The third-order valence-electron chi connectivity index (χ3n) is 2.44. The molecule has 0 spiro atoms. The van der Waals surface area contributed by atoms with Gasteiger partial charge in [-0.2, -0.15) is 61.5 Å². The summed E-state index contributed by atoms with van der Waals surface area (Å²) < 4.78 is 180. The Morgan fingerprint density at radius 3 is 1.44 bits per heavy atom. The molecule has 0 aromatic heterocycles. The van der Waals surface area contributed by atoms with Crippen LogP contribution in [0.2, 0.25) is 0 Å². The van der Waals surface area contributed by atoms with Crippen LogP contribution in [0.1, 0.15) is 0 Å². The summed E-state index contributed by atoms with van der Waals surface area (Å²) in [6.45, 7) is -1.07. The lowest BCUT2D eigenvalue weighted by atomic mass is 10.1. The highest BCUT2D eigenvalue weighted by Crippen LogP contribution is 2.55. The van der Waals surface area contributed by atoms with E-state index in [9.17, 15) is 66.3 Å². The van der Waals surface area contributed by atoms with Gasteiger partial charge in [0.05, 0.1) is 0 Å². The van der Waals surface area contributed by atoms with E-state index >= 15 is 0 Å². The van der Waals surface area contributed by atoms with E-state index in [2.05, 4.69) is 11.3 Å². The molecule has 0 N–H and O–H groups in total. The highest BCUT2D eigenvalue weighted by molar-refractivity contribution is 5.85. The number of carbonyl (C=O) groups is 1. The van der Waals surface area contributed by atoms with Gasteiger partial charge in [-0.25, -0.2) is 4.79 Å². The van der Waals surface area contributed by atoms with Crippen LogP contribution in [0.15, 0.2) is 12.4 Å². The summed E-state index contributed by atoms with van der Waals surface area (Å²) in [5, 5.41) is 0. The zero-order valence-electron chi connectivity index (χ0n) is 11.9. The first kappa shape index (κ1) is 25.2. The Balaban J connectivity index is 5.96. The molecular formula is C10H4F14O3. The fourth-order valence-electron chi connectivity index (χ4n) is 1.03. The third kappa shape index (κ3) is 4.73. The minimum absolute atomic E-state index is 1.88. The summed E-state index contributed by atoms with van der Waals surface area (Å²) in [5.41, 5.74) is 0. The maximum absolute atomic E-state index is 13.5. The van der Waals surface area contributed by atoms with Gasteiger partial charge in [0.25, 0.3) is 0 Å². The predicted octanol–water partition coefficient (Wildman–Crippen LogP) is 4.68. The number of esters is 1. The topological polar surface area (TPSA) is 35.5 Å². The maximum Gasteiger partial charge on any atom is 0.460 e. The van der Waals surface area contributed by atoms with Gasteiger partial charge < -0.3 is 4.74 Å². The fraction of sp³-hybridized carbons (Fsp3) is 0.700. The first-order chi connectivity index (χ1) is 11.5. The van der Waals surface area contributed by atoms with E-state index in [-0.39, 0.29) is 0 Å². The second-order valence-electron chi connectivity index (χ2n) is 4.47. The van der Waals surface area contributed by atoms with Gasteiger partial charge in [-0.05, 0) is 0 Å². The first-order valence-corrected chi connectivity index (χ1v) is 5.71. The zero-order valence-corrected chi connectivity index (χ0v) is 11.9. The number of ether oxygens (including phenoxy) is 2. The molecule has 0 aliphatic heterocycles. The molecule has 0 amide bonds. The van der Waals surface area contributed by atoms with Crippen LogP contribution in [0.25, 0.3) is 0 Å². The van der Waals surface area contributed by atoms with Crippen molar-refractivity contribution in [1.29, 1.82) is 0 Å². The van der Waals surface area contributed by atoms with Crippen LogP contribution < -0.4 is 0 Å². The van der Waals surface area contributed by atoms with Crippen molar-refractivity contribution in [1.82, 2.24) is 0 Å². The molecule has 0 heterocycles. The van der Waals surface area contributed by atoms with Crippen molar-refractivity contribution in [2.45, 2.75) is 36.2 Å². The average molecular weight is 438 g/mol. The monoisotopic (exact) mass is 438 g/mol. The summed E-state index contributed by atoms with van der Waals surface area (Å²) in [6, 6.07) is 0. The molecule has 27 heavy (non-hydrogen) atoms. The summed E-state index contributed by atoms with van der Waals surface area (Å²) >= 11 is 0. The number of rotatable bonds is 7.